The van der Waals surface area contributed by atoms with Crippen molar-refractivity contribution in [2.45, 2.75) is 51.2 Å². The Hall–Kier alpha value is -0.570. The molecule has 1 aromatic rings. The summed E-state index contributed by atoms with van der Waals surface area (Å²) in [6.45, 7) is 4.12. The first-order valence-corrected chi connectivity index (χ1v) is 7.78. The Morgan fingerprint density at radius 2 is 2.21 bits per heavy atom. The van der Waals surface area contributed by atoms with Crippen molar-refractivity contribution in [1.82, 2.24) is 5.32 Å². The van der Waals surface area contributed by atoms with Gasteiger partial charge in [0.05, 0.1) is 6.10 Å². The zero-order valence-electron chi connectivity index (χ0n) is 11.7. The molecular weight excluding hydrogens is 258 g/mol. The molecule has 19 heavy (non-hydrogen) atoms. The lowest BCUT2D eigenvalue weighted by Crippen LogP contribution is -2.29. The summed E-state index contributed by atoms with van der Waals surface area (Å²) < 4.78 is 5.87. The Morgan fingerprint density at radius 3 is 2.89 bits per heavy atom. The SMILES string of the molecule is CCCNC(CC1CCCCO1)c1ccccc1Cl. The van der Waals surface area contributed by atoms with E-state index in [4.69, 9.17) is 16.3 Å². The van der Waals surface area contributed by atoms with Gasteiger partial charge in [-0.2, -0.15) is 0 Å². The molecule has 2 rings (SSSR count). The standard InChI is InChI=1S/C16H24ClNO/c1-2-10-18-16(12-13-7-5-6-11-19-13)14-8-3-4-9-15(14)17/h3-4,8-9,13,16,18H,2,5-7,10-12H2,1H3. The molecule has 0 aromatic heterocycles. The zero-order chi connectivity index (χ0) is 13.5. The first-order chi connectivity index (χ1) is 9.31. The Balaban J connectivity index is 2.04. The molecule has 1 aromatic carbocycles. The van der Waals surface area contributed by atoms with Crippen LogP contribution in [0.3, 0.4) is 0 Å². The zero-order valence-corrected chi connectivity index (χ0v) is 12.5. The number of nitrogens with one attached hydrogen (secondary N) is 1. The van der Waals surface area contributed by atoms with Crippen LogP contribution < -0.4 is 5.32 Å². The molecule has 0 spiro atoms. The highest BCUT2D eigenvalue weighted by Gasteiger charge is 2.21. The lowest BCUT2D eigenvalue weighted by molar-refractivity contribution is 0.00506. The van der Waals surface area contributed by atoms with Crippen LogP contribution in [0.2, 0.25) is 5.02 Å². The number of benzene rings is 1. The van der Waals surface area contributed by atoms with Crippen molar-refractivity contribution in [1.29, 1.82) is 0 Å². The Bertz CT molecular complexity index is 377. The monoisotopic (exact) mass is 281 g/mol. The average molecular weight is 282 g/mol. The average Bonchev–Trinajstić information content (AvgIpc) is 2.45. The molecule has 1 heterocycles. The first kappa shape index (κ1) is 14.8. The second-order valence-corrected chi connectivity index (χ2v) is 5.66. The fourth-order valence-corrected chi connectivity index (χ4v) is 2.92. The fraction of sp³-hybridized carbons (Fsp3) is 0.625. The minimum absolute atomic E-state index is 0.303. The molecule has 0 bridgehead atoms. The van der Waals surface area contributed by atoms with Gasteiger partial charge >= 0.3 is 0 Å². The van der Waals surface area contributed by atoms with E-state index in [2.05, 4.69) is 24.4 Å². The molecule has 0 radical (unpaired) electrons. The molecule has 0 amide bonds. The summed E-state index contributed by atoms with van der Waals surface area (Å²) in [5, 5.41) is 4.46. The smallest absolute Gasteiger partial charge is 0.0593 e. The second kappa shape index (κ2) is 7.88. The van der Waals surface area contributed by atoms with Crippen LogP contribution in [-0.4, -0.2) is 19.3 Å². The van der Waals surface area contributed by atoms with Gasteiger partial charge in [-0.25, -0.2) is 0 Å². The van der Waals surface area contributed by atoms with Crippen LogP contribution in [0.15, 0.2) is 24.3 Å². The lowest BCUT2D eigenvalue weighted by Gasteiger charge is -2.28. The Kier molecular flexibility index (Phi) is 6.15. The maximum absolute atomic E-state index is 6.33. The maximum atomic E-state index is 6.33. The number of ether oxygens (including phenoxy) is 1. The van der Waals surface area contributed by atoms with Crippen molar-refractivity contribution < 1.29 is 4.74 Å². The number of halogens is 1. The van der Waals surface area contributed by atoms with Gasteiger partial charge in [0.1, 0.15) is 0 Å². The van der Waals surface area contributed by atoms with Crippen LogP contribution in [0.25, 0.3) is 0 Å². The molecule has 3 heteroatoms. The predicted molar refractivity (Wildman–Crippen MR) is 80.7 cm³/mol. The maximum Gasteiger partial charge on any atom is 0.0593 e. The number of rotatable bonds is 6. The summed E-state index contributed by atoms with van der Waals surface area (Å²) >= 11 is 6.33. The van der Waals surface area contributed by atoms with E-state index in [0.717, 1.165) is 31.0 Å². The van der Waals surface area contributed by atoms with Crippen LogP contribution in [0.5, 0.6) is 0 Å². The second-order valence-electron chi connectivity index (χ2n) is 5.25. The largest absolute Gasteiger partial charge is 0.378 e. The van der Waals surface area contributed by atoms with Crippen molar-refractivity contribution in [3.63, 3.8) is 0 Å². The fourth-order valence-electron chi connectivity index (χ4n) is 2.65. The third kappa shape index (κ3) is 4.48. The van der Waals surface area contributed by atoms with E-state index in [1.165, 1.54) is 24.8 Å². The Labute approximate surface area is 121 Å². The molecule has 1 fully saturated rings. The lowest BCUT2D eigenvalue weighted by atomic mass is 9.96. The van der Waals surface area contributed by atoms with Crippen LogP contribution in [0.4, 0.5) is 0 Å². The molecule has 1 aliphatic heterocycles. The molecule has 1 saturated heterocycles. The van der Waals surface area contributed by atoms with E-state index in [9.17, 15) is 0 Å². The quantitative estimate of drug-likeness (QED) is 0.837. The van der Waals surface area contributed by atoms with Crippen molar-refractivity contribution in [2.75, 3.05) is 13.2 Å². The highest BCUT2D eigenvalue weighted by atomic mass is 35.5. The number of hydrogen-bond acceptors (Lipinski definition) is 2. The number of hydrogen-bond donors (Lipinski definition) is 1. The van der Waals surface area contributed by atoms with Crippen LogP contribution in [-0.2, 0) is 4.74 Å². The van der Waals surface area contributed by atoms with Gasteiger partial charge in [0.25, 0.3) is 0 Å². The first-order valence-electron chi connectivity index (χ1n) is 7.40. The van der Waals surface area contributed by atoms with Crippen molar-refractivity contribution in [2.24, 2.45) is 0 Å². The summed E-state index contributed by atoms with van der Waals surface area (Å²) in [4.78, 5) is 0. The van der Waals surface area contributed by atoms with E-state index < -0.39 is 0 Å². The van der Waals surface area contributed by atoms with E-state index in [-0.39, 0.29) is 0 Å². The molecule has 2 atom stereocenters. The van der Waals surface area contributed by atoms with E-state index >= 15 is 0 Å². The minimum Gasteiger partial charge on any atom is -0.378 e. The van der Waals surface area contributed by atoms with Gasteiger partial charge in [0, 0.05) is 17.7 Å². The van der Waals surface area contributed by atoms with Crippen molar-refractivity contribution >= 4 is 11.6 Å². The summed E-state index contributed by atoms with van der Waals surface area (Å²) in [7, 11) is 0. The van der Waals surface area contributed by atoms with Crippen molar-refractivity contribution in [3.05, 3.63) is 34.9 Å². The molecule has 1 aliphatic rings. The van der Waals surface area contributed by atoms with E-state index in [0.29, 0.717) is 12.1 Å². The summed E-state index contributed by atoms with van der Waals surface area (Å²) in [6, 6.07) is 8.44. The van der Waals surface area contributed by atoms with Gasteiger partial charge in [-0.15, -0.1) is 0 Å². The topological polar surface area (TPSA) is 21.3 Å². The van der Waals surface area contributed by atoms with E-state index in [1.54, 1.807) is 0 Å². The minimum atomic E-state index is 0.303. The molecule has 2 nitrogen and oxygen atoms in total. The third-order valence-corrected chi connectivity index (χ3v) is 4.04. The molecule has 2 unspecified atom stereocenters. The molecule has 0 aliphatic carbocycles. The van der Waals surface area contributed by atoms with Gasteiger partial charge in [-0.3, -0.25) is 0 Å². The van der Waals surface area contributed by atoms with Gasteiger partial charge in [-0.1, -0.05) is 36.7 Å². The van der Waals surface area contributed by atoms with Crippen LogP contribution >= 0.6 is 11.6 Å². The molecular formula is C16H24ClNO. The predicted octanol–water partition coefficient (Wildman–Crippen LogP) is 4.34. The van der Waals surface area contributed by atoms with Gasteiger partial charge in [0.2, 0.25) is 0 Å². The normalized spacial score (nSPS) is 21.3. The highest BCUT2D eigenvalue weighted by Crippen LogP contribution is 2.29. The van der Waals surface area contributed by atoms with Crippen LogP contribution in [0, 0.1) is 0 Å². The molecule has 0 saturated carbocycles. The van der Waals surface area contributed by atoms with Crippen LogP contribution in [0.1, 0.15) is 50.6 Å². The van der Waals surface area contributed by atoms with Gasteiger partial charge in [-0.05, 0) is 50.3 Å². The van der Waals surface area contributed by atoms with Gasteiger partial charge in [0.15, 0.2) is 0 Å². The van der Waals surface area contributed by atoms with Gasteiger partial charge < -0.3 is 10.1 Å². The molecule has 1 N–H and O–H groups in total. The summed E-state index contributed by atoms with van der Waals surface area (Å²) in [5.41, 5.74) is 1.20. The van der Waals surface area contributed by atoms with E-state index in [1.807, 2.05) is 12.1 Å². The highest BCUT2D eigenvalue weighted by molar-refractivity contribution is 6.31. The summed E-state index contributed by atoms with van der Waals surface area (Å²) in [5.74, 6) is 0. The van der Waals surface area contributed by atoms with Crippen molar-refractivity contribution in [3.8, 4) is 0 Å². The molecule has 106 valence electrons. The summed E-state index contributed by atoms with van der Waals surface area (Å²) in [6.07, 6.45) is 6.19. The third-order valence-electron chi connectivity index (χ3n) is 3.69. The Morgan fingerprint density at radius 1 is 1.37 bits per heavy atom.